The Hall–Kier alpha value is -2.27. The van der Waals surface area contributed by atoms with Gasteiger partial charge in [0, 0.05) is 30.7 Å². The van der Waals surface area contributed by atoms with Crippen molar-refractivity contribution in [2.45, 2.75) is 44.2 Å². The van der Waals surface area contributed by atoms with Gasteiger partial charge in [0.05, 0.1) is 0 Å². The monoisotopic (exact) mass is 384 g/mol. The molecule has 2 rings (SSSR count). The maximum absolute atomic E-state index is 13.0. The largest absolute Gasteiger partial charge is 0.357 e. The number of carbonyl (C=O) groups excluding carboxylic acids is 2. The van der Waals surface area contributed by atoms with Crippen molar-refractivity contribution in [3.8, 4) is 0 Å². The number of hydrogen-bond donors (Lipinski definition) is 1. The number of amides is 2. The molecule has 0 fully saturated rings. The van der Waals surface area contributed by atoms with E-state index in [0.717, 1.165) is 16.0 Å². The van der Waals surface area contributed by atoms with E-state index in [-0.39, 0.29) is 11.8 Å². The van der Waals surface area contributed by atoms with E-state index in [4.69, 9.17) is 0 Å². The van der Waals surface area contributed by atoms with Gasteiger partial charge >= 0.3 is 0 Å². The molecule has 0 aliphatic rings. The van der Waals surface area contributed by atoms with Gasteiger partial charge in [-0.15, -0.1) is 11.8 Å². The van der Waals surface area contributed by atoms with Crippen LogP contribution in [0.5, 0.6) is 0 Å². The first-order valence-corrected chi connectivity index (χ1v) is 10.3. The molecule has 144 valence electrons. The van der Waals surface area contributed by atoms with Crippen LogP contribution in [0.4, 0.5) is 0 Å². The maximum Gasteiger partial charge on any atom is 0.242 e. The fourth-order valence-electron chi connectivity index (χ4n) is 2.97. The van der Waals surface area contributed by atoms with Gasteiger partial charge in [-0.1, -0.05) is 49.4 Å². The van der Waals surface area contributed by atoms with Crippen molar-refractivity contribution in [1.29, 1.82) is 0 Å². The van der Waals surface area contributed by atoms with E-state index in [0.29, 0.717) is 25.1 Å². The Morgan fingerprint density at radius 1 is 1.07 bits per heavy atom. The summed E-state index contributed by atoms with van der Waals surface area (Å²) in [7, 11) is 1.62. The van der Waals surface area contributed by atoms with Gasteiger partial charge in [-0.2, -0.15) is 0 Å². The second-order valence-corrected chi connectivity index (χ2v) is 7.57. The van der Waals surface area contributed by atoms with E-state index >= 15 is 0 Å². The van der Waals surface area contributed by atoms with Crippen molar-refractivity contribution < 1.29 is 9.59 Å². The summed E-state index contributed by atoms with van der Waals surface area (Å²) in [5, 5.41) is 2.70. The average Bonchev–Trinajstić information content (AvgIpc) is 2.69. The van der Waals surface area contributed by atoms with Crippen molar-refractivity contribution in [3.05, 3.63) is 65.7 Å². The summed E-state index contributed by atoms with van der Waals surface area (Å²) in [6.07, 6.45) is 0.988. The average molecular weight is 385 g/mol. The molecule has 4 nitrogen and oxygen atoms in total. The molecular weight excluding hydrogens is 356 g/mol. The number of aryl methyl sites for hydroxylation is 1. The predicted octanol–water partition coefficient (Wildman–Crippen LogP) is 4.03. The molecule has 1 unspecified atom stereocenters. The molecule has 0 aliphatic heterocycles. The molecule has 0 heterocycles. The Morgan fingerprint density at radius 2 is 1.74 bits per heavy atom. The third kappa shape index (κ3) is 6.14. The van der Waals surface area contributed by atoms with Crippen LogP contribution in [-0.2, 0) is 16.1 Å². The fourth-order valence-corrected chi connectivity index (χ4v) is 3.84. The third-order valence-electron chi connectivity index (χ3n) is 4.56. The minimum atomic E-state index is -0.455. The molecule has 0 saturated carbocycles. The zero-order chi connectivity index (χ0) is 19.6. The molecule has 1 atom stereocenters. The molecule has 2 amide bonds. The van der Waals surface area contributed by atoms with Crippen LogP contribution in [0.1, 0.15) is 30.9 Å². The summed E-state index contributed by atoms with van der Waals surface area (Å²) in [4.78, 5) is 28.2. The van der Waals surface area contributed by atoms with Crippen molar-refractivity contribution in [2.75, 3.05) is 12.8 Å². The third-order valence-corrected chi connectivity index (χ3v) is 5.58. The van der Waals surface area contributed by atoms with E-state index < -0.39 is 6.04 Å². The minimum Gasteiger partial charge on any atom is -0.357 e. The number of benzene rings is 2. The first-order valence-electron chi connectivity index (χ1n) is 9.30. The predicted molar refractivity (Wildman–Crippen MR) is 112 cm³/mol. The Morgan fingerprint density at radius 3 is 2.37 bits per heavy atom. The van der Waals surface area contributed by atoms with Crippen LogP contribution in [0.25, 0.3) is 0 Å². The van der Waals surface area contributed by atoms with Gasteiger partial charge in [0.25, 0.3) is 0 Å². The van der Waals surface area contributed by atoms with Crippen LogP contribution in [0.3, 0.4) is 0 Å². The summed E-state index contributed by atoms with van der Waals surface area (Å²) in [5.74, 6) is 0.587. The van der Waals surface area contributed by atoms with Gasteiger partial charge in [0.15, 0.2) is 0 Å². The number of hydrogen-bond acceptors (Lipinski definition) is 3. The molecule has 0 saturated heterocycles. The number of thioether (sulfide) groups is 1. The Balaban J connectivity index is 2.11. The van der Waals surface area contributed by atoms with Crippen LogP contribution in [-0.4, -0.2) is 35.6 Å². The number of carbonyl (C=O) groups is 2. The Labute approximate surface area is 166 Å². The standard InChI is InChI=1S/C22H28N2O2S/c1-4-20(22(26)23-3)24(16-18-11-9-8-10-17(18)2)21(25)14-15-27-19-12-6-5-7-13-19/h5-13,20H,4,14-16H2,1-3H3,(H,23,26). The van der Waals surface area contributed by atoms with Gasteiger partial charge in [0.2, 0.25) is 11.8 Å². The maximum atomic E-state index is 13.0. The lowest BCUT2D eigenvalue weighted by Gasteiger charge is -2.30. The summed E-state index contributed by atoms with van der Waals surface area (Å²) in [6, 6.07) is 17.6. The van der Waals surface area contributed by atoms with Crippen molar-refractivity contribution >= 4 is 23.6 Å². The van der Waals surface area contributed by atoms with E-state index in [1.807, 2.05) is 68.4 Å². The number of nitrogens with zero attached hydrogens (tertiary/aromatic N) is 1. The van der Waals surface area contributed by atoms with E-state index in [1.54, 1.807) is 23.7 Å². The van der Waals surface area contributed by atoms with Crippen LogP contribution in [0.2, 0.25) is 0 Å². The molecule has 0 aromatic heterocycles. The van der Waals surface area contributed by atoms with Gasteiger partial charge in [-0.05, 0) is 36.6 Å². The molecule has 0 radical (unpaired) electrons. The minimum absolute atomic E-state index is 0.0112. The summed E-state index contributed by atoms with van der Waals surface area (Å²) in [6.45, 7) is 4.42. The number of likely N-dealkylation sites (N-methyl/N-ethyl adjacent to an activating group) is 1. The van der Waals surface area contributed by atoms with Crippen molar-refractivity contribution in [2.24, 2.45) is 0 Å². The summed E-state index contributed by atoms with van der Waals surface area (Å²) in [5.41, 5.74) is 2.20. The quantitative estimate of drug-likeness (QED) is 0.664. The van der Waals surface area contributed by atoms with Crippen molar-refractivity contribution in [1.82, 2.24) is 10.2 Å². The number of nitrogens with one attached hydrogen (secondary N) is 1. The SMILES string of the molecule is CCC(C(=O)NC)N(Cc1ccccc1C)C(=O)CCSc1ccccc1. The molecule has 0 aliphatic carbocycles. The van der Waals surface area contributed by atoms with E-state index in [2.05, 4.69) is 5.32 Å². The fraction of sp³-hybridized carbons (Fsp3) is 0.364. The molecule has 0 spiro atoms. The lowest BCUT2D eigenvalue weighted by molar-refractivity contribution is -0.140. The molecular formula is C22H28N2O2S. The van der Waals surface area contributed by atoms with Crippen LogP contribution in [0, 0.1) is 6.92 Å². The highest BCUT2D eigenvalue weighted by Gasteiger charge is 2.27. The summed E-state index contributed by atoms with van der Waals surface area (Å²) < 4.78 is 0. The highest BCUT2D eigenvalue weighted by molar-refractivity contribution is 7.99. The molecule has 27 heavy (non-hydrogen) atoms. The molecule has 0 bridgehead atoms. The summed E-state index contributed by atoms with van der Waals surface area (Å²) >= 11 is 1.66. The zero-order valence-electron chi connectivity index (χ0n) is 16.3. The highest BCUT2D eigenvalue weighted by atomic mass is 32.2. The van der Waals surface area contributed by atoms with Crippen LogP contribution < -0.4 is 5.32 Å². The van der Waals surface area contributed by atoms with Gasteiger partial charge < -0.3 is 10.2 Å². The van der Waals surface area contributed by atoms with E-state index in [9.17, 15) is 9.59 Å². The lowest BCUT2D eigenvalue weighted by Crippen LogP contribution is -2.48. The normalized spacial score (nSPS) is 11.7. The second-order valence-electron chi connectivity index (χ2n) is 6.40. The molecule has 2 aromatic rings. The first-order chi connectivity index (χ1) is 13.1. The van der Waals surface area contributed by atoms with Gasteiger partial charge in [0.1, 0.15) is 6.04 Å². The van der Waals surface area contributed by atoms with Crippen molar-refractivity contribution in [3.63, 3.8) is 0 Å². The molecule has 5 heteroatoms. The first kappa shape index (κ1) is 21.0. The van der Waals surface area contributed by atoms with Crippen LogP contribution in [0.15, 0.2) is 59.5 Å². The molecule has 1 N–H and O–H groups in total. The number of rotatable bonds is 9. The zero-order valence-corrected chi connectivity index (χ0v) is 17.1. The van der Waals surface area contributed by atoms with E-state index in [1.165, 1.54) is 0 Å². The molecule has 2 aromatic carbocycles. The highest BCUT2D eigenvalue weighted by Crippen LogP contribution is 2.20. The topological polar surface area (TPSA) is 49.4 Å². The second kappa shape index (κ2) is 10.8. The van der Waals surface area contributed by atoms with Crippen LogP contribution >= 0.6 is 11.8 Å². The smallest absolute Gasteiger partial charge is 0.242 e. The Kier molecular flexibility index (Phi) is 8.40. The van der Waals surface area contributed by atoms with Gasteiger partial charge in [-0.3, -0.25) is 9.59 Å². The van der Waals surface area contributed by atoms with Gasteiger partial charge in [-0.25, -0.2) is 0 Å². The lowest BCUT2D eigenvalue weighted by atomic mass is 10.1. The Bertz CT molecular complexity index is 749.